The maximum atomic E-state index is 6.49. The Morgan fingerprint density at radius 3 is 1.08 bits per heavy atom. The molecule has 9 heteroatoms. The van der Waals surface area contributed by atoms with Crippen LogP contribution >= 0.6 is 24.8 Å². The van der Waals surface area contributed by atoms with E-state index >= 15 is 0 Å². The molecule has 2 N–H and O–H groups in total. The van der Waals surface area contributed by atoms with Crippen molar-refractivity contribution in [2.45, 2.75) is 130 Å². The van der Waals surface area contributed by atoms with Gasteiger partial charge in [-0.3, -0.25) is 9.97 Å². The molecule has 0 fully saturated rings. The van der Waals surface area contributed by atoms with Crippen molar-refractivity contribution in [2.24, 2.45) is 0 Å². The maximum absolute atomic E-state index is 6.49. The predicted octanol–water partition coefficient (Wildman–Crippen LogP) is 12.1. The number of hydrogen-bond acceptors (Lipinski definition) is 7. The lowest BCUT2D eigenvalue weighted by Gasteiger charge is -2.27. The zero-order valence-corrected chi connectivity index (χ0v) is 40.3. The predicted molar refractivity (Wildman–Crippen MR) is 268 cm³/mol. The molecule has 0 saturated heterocycles. The molecule has 4 aromatic carbocycles. The van der Waals surface area contributed by atoms with Crippen molar-refractivity contribution >= 4 is 24.8 Å². The SMILES string of the molecule is CC(C)NC(CCCOCCCC(NC(C)C)c1c(Cc2ccccc2)nc(Cc2ccccc2)c2c1COC2)c1c(Cc2ccccc2)nc(Cc2ccccc2)c2c1COC2.Cl.Cl. The highest BCUT2D eigenvalue weighted by Gasteiger charge is 2.31. The Balaban J connectivity index is 0.00000350. The summed E-state index contributed by atoms with van der Waals surface area (Å²) < 4.78 is 18.9. The quantitative estimate of drug-likeness (QED) is 0.0657. The number of nitrogens with one attached hydrogen (secondary N) is 2. The summed E-state index contributed by atoms with van der Waals surface area (Å²) in [6.45, 7) is 12.9. The van der Waals surface area contributed by atoms with E-state index in [1.807, 2.05) is 0 Å². The molecule has 0 amide bonds. The van der Waals surface area contributed by atoms with Crippen LogP contribution < -0.4 is 10.6 Å². The average Bonchev–Trinajstić information content (AvgIpc) is 3.99. The van der Waals surface area contributed by atoms with Gasteiger partial charge in [0.05, 0.1) is 49.2 Å². The Labute approximate surface area is 400 Å². The fourth-order valence-corrected chi connectivity index (χ4v) is 9.63. The van der Waals surface area contributed by atoms with E-state index in [-0.39, 0.29) is 36.9 Å². The Morgan fingerprint density at radius 1 is 0.446 bits per heavy atom. The summed E-state index contributed by atoms with van der Waals surface area (Å²) in [6, 6.07) is 43.9. The van der Waals surface area contributed by atoms with Gasteiger partial charge in [-0.25, -0.2) is 0 Å². The van der Waals surface area contributed by atoms with Crippen LogP contribution in [0.4, 0.5) is 0 Å². The summed E-state index contributed by atoms with van der Waals surface area (Å²) in [5.41, 5.74) is 17.5. The molecule has 65 heavy (non-hydrogen) atoms. The standard InChI is InChI=1S/C56H66N4O3.2ClH/c1-39(2)57-49(55-47-37-62-35-45(47)51(31-41-19-9-5-10-20-41)59-53(55)33-43-23-13-7-14-24-43)27-17-29-61-30-18-28-50(58-40(3)4)56-48-38-63-36-46(48)52(32-42-21-11-6-12-22-42)60-54(56)34-44-25-15-8-16-26-44;;/h5-16,19-26,39-40,49-50,57-58H,17-18,27-38H2,1-4H3;2*1H. The van der Waals surface area contributed by atoms with Crippen molar-refractivity contribution in [3.05, 3.63) is 200 Å². The molecule has 2 aromatic heterocycles. The highest BCUT2D eigenvalue weighted by molar-refractivity contribution is 5.85. The molecule has 7 nitrogen and oxygen atoms in total. The van der Waals surface area contributed by atoms with Gasteiger partial charge in [0.25, 0.3) is 0 Å². The zero-order valence-electron chi connectivity index (χ0n) is 38.7. The monoisotopic (exact) mass is 914 g/mol. The van der Waals surface area contributed by atoms with Crippen molar-refractivity contribution < 1.29 is 14.2 Å². The summed E-state index contributed by atoms with van der Waals surface area (Å²) in [5, 5.41) is 7.92. The second-order valence-electron chi connectivity index (χ2n) is 18.0. The largest absolute Gasteiger partial charge is 0.381 e. The highest BCUT2D eigenvalue weighted by atomic mass is 35.5. The molecule has 2 aliphatic heterocycles. The smallest absolute Gasteiger partial charge is 0.0743 e. The molecular weight excluding hydrogens is 848 g/mol. The van der Waals surface area contributed by atoms with Crippen molar-refractivity contribution in [3.63, 3.8) is 0 Å². The van der Waals surface area contributed by atoms with Crippen LogP contribution in [-0.4, -0.2) is 35.3 Å². The topological polar surface area (TPSA) is 77.5 Å². The molecule has 8 rings (SSSR count). The first kappa shape index (κ1) is 50.0. The third-order valence-corrected chi connectivity index (χ3v) is 12.4. The number of ether oxygens (including phenoxy) is 3. The van der Waals surface area contributed by atoms with E-state index in [0.29, 0.717) is 51.7 Å². The molecule has 6 aromatic rings. The van der Waals surface area contributed by atoms with E-state index in [4.69, 9.17) is 24.2 Å². The first-order chi connectivity index (χ1) is 30.9. The first-order valence-electron chi connectivity index (χ1n) is 23.4. The lowest BCUT2D eigenvalue weighted by Crippen LogP contribution is -2.31. The van der Waals surface area contributed by atoms with Crippen LogP contribution in [0.5, 0.6) is 0 Å². The molecule has 0 spiro atoms. The van der Waals surface area contributed by atoms with Gasteiger partial charge in [0.2, 0.25) is 0 Å². The van der Waals surface area contributed by atoms with Crippen LogP contribution in [0.1, 0.15) is 144 Å². The first-order valence-corrected chi connectivity index (χ1v) is 23.4. The van der Waals surface area contributed by atoms with Gasteiger partial charge in [0, 0.05) is 74.2 Å². The molecule has 2 atom stereocenters. The minimum atomic E-state index is 0. The summed E-state index contributed by atoms with van der Waals surface area (Å²) in [7, 11) is 0. The lowest BCUT2D eigenvalue weighted by atomic mass is 9.88. The fourth-order valence-electron chi connectivity index (χ4n) is 9.63. The number of rotatable bonds is 22. The summed E-state index contributed by atoms with van der Waals surface area (Å²) in [6.07, 6.45) is 7.00. The summed E-state index contributed by atoms with van der Waals surface area (Å²) in [5.74, 6) is 0. The number of benzene rings is 4. The van der Waals surface area contributed by atoms with Crippen LogP contribution in [0.2, 0.25) is 0 Å². The van der Waals surface area contributed by atoms with Gasteiger partial charge in [-0.05, 0) is 70.2 Å². The van der Waals surface area contributed by atoms with Gasteiger partial charge in [0.15, 0.2) is 0 Å². The molecule has 2 unspecified atom stereocenters. The van der Waals surface area contributed by atoms with Gasteiger partial charge in [-0.2, -0.15) is 0 Å². The minimum absolute atomic E-state index is 0. The van der Waals surface area contributed by atoms with E-state index in [9.17, 15) is 0 Å². The lowest BCUT2D eigenvalue weighted by molar-refractivity contribution is 0.121. The van der Waals surface area contributed by atoms with Crippen LogP contribution in [0, 0.1) is 0 Å². The minimum Gasteiger partial charge on any atom is -0.381 e. The van der Waals surface area contributed by atoms with Crippen molar-refractivity contribution in [3.8, 4) is 0 Å². The molecular formula is C56H68Cl2N4O3. The Morgan fingerprint density at radius 2 is 0.754 bits per heavy atom. The maximum Gasteiger partial charge on any atom is 0.0743 e. The van der Waals surface area contributed by atoms with Crippen molar-refractivity contribution in [1.82, 2.24) is 20.6 Å². The van der Waals surface area contributed by atoms with Gasteiger partial charge in [0.1, 0.15) is 0 Å². The van der Waals surface area contributed by atoms with Gasteiger partial charge < -0.3 is 24.8 Å². The second kappa shape index (κ2) is 24.9. The number of halogens is 2. The molecule has 0 saturated carbocycles. The molecule has 4 heterocycles. The Bertz CT molecular complexity index is 2200. The number of nitrogens with zero attached hydrogens (tertiary/aromatic N) is 2. The summed E-state index contributed by atoms with van der Waals surface area (Å²) in [4.78, 5) is 11.0. The number of aromatic nitrogens is 2. The van der Waals surface area contributed by atoms with Gasteiger partial charge in [-0.15, -0.1) is 24.8 Å². The number of hydrogen-bond donors (Lipinski definition) is 2. The van der Waals surface area contributed by atoms with Crippen LogP contribution in [0.25, 0.3) is 0 Å². The normalized spacial score (nSPS) is 13.9. The van der Waals surface area contributed by atoms with E-state index < -0.39 is 0 Å². The zero-order chi connectivity index (χ0) is 43.4. The Kier molecular flexibility index (Phi) is 19.2. The molecule has 2 aliphatic rings. The Hall–Kier alpha value is -4.44. The molecule has 344 valence electrons. The fraction of sp³-hybridized carbons (Fsp3) is 0.393. The van der Waals surface area contributed by atoms with Crippen molar-refractivity contribution in [1.29, 1.82) is 0 Å². The van der Waals surface area contributed by atoms with Gasteiger partial charge in [-0.1, -0.05) is 149 Å². The van der Waals surface area contributed by atoms with Gasteiger partial charge >= 0.3 is 0 Å². The van der Waals surface area contributed by atoms with Crippen LogP contribution in [0.15, 0.2) is 121 Å². The third-order valence-electron chi connectivity index (χ3n) is 12.4. The number of fused-ring (bicyclic) bond motifs is 2. The van der Waals surface area contributed by atoms with Crippen LogP contribution in [-0.2, 0) is 66.3 Å². The van der Waals surface area contributed by atoms with Crippen molar-refractivity contribution in [2.75, 3.05) is 13.2 Å². The highest BCUT2D eigenvalue weighted by Crippen LogP contribution is 2.38. The van der Waals surface area contributed by atoms with E-state index in [2.05, 4.69) is 160 Å². The van der Waals surface area contributed by atoms with E-state index in [0.717, 1.165) is 74.1 Å². The number of pyridine rings is 2. The molecule has 0 radical (unpaired) electrons. The molecule has 0 aliphatic carbocycles. The second-order valence-corrected chi connectivity index (χ2v) is 18.0. The summed E-state index contributed by atoms with van der Waals surface area (Å²) >= 11 is 0. The van der Waals surface area contributed by atoms with E-state index in [1.165, 1.54) is 55.6 Å². The third kappa shape index (κ3) is 13.4. The van der Waals surface area contributed by atoms with Crippen LogP contribution in [0.3, 0.4) is 0 Å². The average molecular weight is 916 g/mol. The molecule has 0 bridgehead atoms. The van der Waals surface area contributed by atoms with E-state index in [1.54, 1.807) is 0 Å².